The van der Waals surface area contributed by atoms with Crippen LogP contribution in [-0.4, -0.2) is 24.8 Å². The second kappa shape index (κ2) is 3.21. The fraction of sp³-hybridized carbons (Fsp3) is 0.833. The maximum absolute atomic E-state index is 11.9. The van der Waals surface area contributed by atoms with E-state index in [1.54, 1.807) is 0 Å². The lowest BCUT2D eigenvalue weighted by molar-refractivity contribution is -0.216. The minimum absolute atomic E-state index is 0.0899. The quantitative estimate of drug-likeness (QED) is 0.634. The van der Waals surface area contributed by atoms with Crippen LogP contribution in [0.5, 0.6) is 0 Å². The van der Waals surface area contributed by atoms with Gasteiger partial charge in [-0.15, -0.1) is 0 Å². The van der Waals surface area contributed by atoms with Gasteiger partial charge in [-0.05, 0) is 33.6 Å². The molecular weight excluding hydrogens is 206 g/mol. The monoisotopic (exact) mass is 223 g/mol. The predicted molar refractivity (Wildman–Crippen MR) is 56.4 cm³/mol. The molecule has 1 saturated heterocycles. The summed E-state index contributed by atoms with van der Waals surface area (Å²) in [6.07, 6.45) is 1.18. The number of ether oxygens (including phenoxy) is 2. The molecule has 4 nitrogen and oxygen atoms in total. The number of rotatable bonds is 1. The van der Waals surface area contributed by atoms with E-state index in [1.807, 2.05) is 20.8 Å². The van der Waals surface area contributed by atoms with Crippen molar-refractivity contribution < 1.29 is 14.3 Å². The Labute approximate surface area is 95.5 Å². The number of nitriles is 1. The molecule has 88 valence electrons. The highest BCUT2D eigenvalue weighted by Crippen LogP contribution is 2.58. The van der Waals surface area contributed by atoms with E-state index in [0.29, 0.717) is 26.1 Å². The molecule has 4 heteroatoms. The van der Waals surface area contributed by atoms with Crippen molar-refractivity contribution in [2.75, 3.05) is 13.2 Å². The average Bonchev–Trinajstić information content (AvgIpc) is 1.96. The van der Waals surface area contributed by atoms with Crippen LogP contribution in [0, 0.1) is 22.2 Å². The lowest BCUT2D eigenvalue weighted by Gasteiger charge is -2.55. The number of carbonyl (C=O) groups is 1. The Hall–Kier alpha value is -1.08. The normalized spacial score (nSPS) is 25.1. The summed E-state index contributed by atoms with van der Waals surface area (Å²) in [6.45, 7) is 6.81. The highest BCUT2D eigenvalue weighted by Gasteiger charge is 2.63. The third kappa shape index (κ3) is 1.69. The summed E-state index contributed by atoms with van der Waals surface area (Å²) in [5.41, 5.74) is -1.36. The van der Waals surface area contributed by atoms with Crippen molar-refractivity contribution in [1.82, 2.24) is 0 Å². The highest BCUT2D eigenvalue weighted by molar-refractivity contribution is 5.82. The summed E-state index contributed by atoms with van der Waals surface area (Å²) < 4.78 is 10.4. The summed E-state index contributed by atoms with van der Waals surface area (Å²) in [5, 5.41) is 9.16. The first-order valence-electron chi connectivity index (χ1n) is 5.53. The van der Waals surface area contributed by atoms with Gasteiger partial charge in [-0.25, -0.2) is 0 Å². The smallest absolute Gasteiger partial charge is 0.327 e. The molecule has 16 heavy (non-hydrogen) atoms. The van der Waals surface area contributed by atoms with Crippen LogP contribution < -0.4 is 0 Å². The topological polar surface area (TPSA) is 59.3 Å². The second-order valence-corrected chi connectivity index (χ2v) is 6.04. The summed E-state index contributed by atoms with van der Waals surface area (Å²) in [7, 11) is 0. The van der Waals surface area contributed by atoms with Gasteiger partial charge in [0.1, 0.15) is 5.60 Å². The maximum Gasteiger partial charge on any atom is 0.327 e. The highest BCUT2D eigenvalue weighted by atomic mass is 16.6. The third-order valence-electron chi connectivity index (χ3n) is 3.17. The van der Waals surface area contributed by atoms with Crippen LogP contribution >= 0.6 is 0 Å². The first-order chi connectivity index (χ1) is 7.31. The molecule has 1 aliphatic carbocycles. The molecule has 2 rings (SSSR count). The van der Waals surface area contributed by atoms with Gasteiger partial charge in [-0.3, -0.25) is 4.79 Å². The van der Waals surface area contributed by atoms with Gasteiger partial charge in [0.25, 0.3) is 0 Å². The average molecular weight is 223 g/mol. The first kappa shape index (κ1) is 11.4. The Morgan fingerprint density at radius 2 is 1.94 bits per heavy atom. The second-order valence-electron chi connectivity index (χ2n) is 6.04. The fourth-order valence-corrected chi connectivity index (χ4v) is 2.47. The zero-order chi connectivity index (χ0) is 12.0. The van der Waals surface area contributed by atoms with Crippen molar-refractivity contribution in [3.05, 3.63) is 0 Å². The van der Waals surface area contributed by atoms with Crippen LogP contribution in [0.25, 0.3) is 0 Å². The van der Waals surface area contributed by atoms with E-state index in [2.05, 4.69) is 6.07 Å². The molecule has 2 fully saturated rings. The number of nitrogens with zero attached hydrogens (tertiary/aromatic N) is 1. The Kier molecular flexibility index (Phi) is 2.29. The van der Waals surface area contributed by atoms with Crippen LogP contribution in [0.4, 0.5) is 0 Å². The van der Waals surface area contributed by atoms with E-state index in [0.717, 1.165) is 0 Å². The Bertz CT molecular complexity index is 349. The largest absolute Gasteiger partial charge is 0.459 e. The Morgan fingerprint density at radius 1 is 1.38 bits per heavy atom. The SMILES string of the molecule is CC(C)(C)OC(=O)C1(C#N)CC2(COC2)C1. The molecule has 1 aliphatic heterocycles. The molecule has 0 radical (unpaired) electrons. The lowest BCUT2D eigenvalue weighted by Crippen LogP contribution is -2.60. The standard InChI is InChI=1S/C12H17NO3/c1-10(2,3)16-9(14)12(6-13)4-11(5-12)7-15-8-11/h4-5,7-8H2,1-3H3. The van der Waals surface area contributed by atoms with Crippen molar-refractivity contribution in [3.63, 3.8) is 0 Å². The van der Waals surface area contributed by atoms with Gasteiger partial charge < -0.3 is 9.47 Å². The van der Waals surface area contributed by atoms with Crippen LogP contribution in [0.15, 0.2) is 0 Å². The summed E-state index contributed by atoms with van der Waals surface area (Å²) >= 11 is 0. The molecule has 0 unspecified atom stereocenters. The fourth-order valence-electron chi connectivity index (χ4n) is 2.47. The number of carbonyl (C=O) groups excluding carboxylic acids is 1. The van der Waals surface area contributed by atoms with Crippen LogP contribution in [0.3, 0.4) is 0 Å². The summed E-state index contributed by atoms with van der Waals surface area (Å²) in [4.78, 5) is 11.9. The Morgan fingerprint density at radius 3 is 2.25 bits per heavy atom. The molecule has 2 aliphatic rings. The maximum atomic E-state index is 11.9. The van der Waals surface area contributed by atoms with Gasteiger partial charge in [-0.1, -0.05) is 0 Å². The molecule has 1 heterocycles. The minimum Gasteiger partial charge on any atom is -0.459 e. The van der Waals surface area contributed by atoms with Gasteiger partial charge in [0.15, 0.2) is 5.41 Å². The molecule has 0 aromatic heterocycles. The zero-order valence-corrected chi connectivity index (χ0v) is 10.0. The molecule has 0 amide bonds. The lowest BCUT2D eigenvalue weighted by atomic mass is 9.52. The van der Waals surface area contributed by atoms with Crippen molar-refractivity contribution in [1.29, 1.82) is 5.26 Å². The van der Waals surface area contributed by atoms with E-state index in [4.69, 9.17) is 14.7 Å². The van der Waals surface area contributed by atoms with Gasteiger partial charge in [0.05, 0.1) is 19.3 Å². The molecule has 0 N–H and O–H groups in total. The molecule has 1 spiro atoms. The number of hydrogen-bond acceptors (Lipinski definition) is 4. The molecule has 0 atom stereocenters. The summed E-state index contributed by atoms with van der Waals surface area (Å²) in [6, 6.07) is 2.13. The third-order valence-corrected chi connectivity index (χ3v) is 3.17. The van der Waals surface area contributed by atoms with Gasteiger partial charge in [0.2, 0.25) is 0 Å². The van der Waals surface area contributed by atoms with Crippen molar-refractivity contribution in [2.24, 2.45) is 10.8 Å². The van der Waals surface area contributed by atoms with Crippen molar-refractivity contribution >= 4 is 5.97 Å². The van der Waals surface area contributed by atoms with E-state index in [-0.39, 0.29) is 11.4 Å². The van der Waals surface area contributed by atoms with Gasteiger partial charge >= 0.3 is 5.97 Å². The predicted octanol–water partition coefficient (Wildman–Crippen LogP) is 1.65. The minimum atomic E-state index is -0.920. The molecule has 1 saturated carbocycles. The zero-order valence-electron chi connectivity index (χ0n) is 10.0. The number of hydrogen-bond donors (Lipinski definition) is 0. The van der Waals surface area contributed by atoms with Gasteiger partial charge in [0, 0.05) is 5.41 Å². The molecule has 0 aromatic carbocycles. The molecular formula is C12H17NO3. The van der Waals surface area contributed by atoms with E-state index in [1.165, 1.54) is 0 Å². The molecule has 0 aromatic rings. The van der Waals surface area contributed by atoms with Crippen LogP contribution in [0.1, 0.15) is 33.6 Å². The first-order valence-corrected chi connectivity index (χ1v) is 5.53. The Balaban J connectivity index is 2.02. The van der Waals surface area contributed by atoms with Crippen LogP contribution in [0.2, 0.25) is 0 Å². The van der Waals surface area contributed by atoms with E-state index < -0.39 is 11.0 Å². The van der Waals surface area contributed by atoms with E-state index >= 15 is 0 Å². The van der Waals surface area contributed by atoms with Crippen molar-refractivity contribution in [2.45, 2.75) is 39.2 Å². The molecule has 0 bridgehead atoms. The van der Waals surface area contributed by atoms with Crippen LogP contribution in [-0.2, 0) is 14.3 Å². The number of esters is 1. The summed E-state index contributed by atoms with van der Waals surface area (Å²) in [5.74, 6) is -0.375. The van der Waals surface area contributed by atoms with Gasteiger partial charge in [-0.2, -0.15) is 5.26 Å². The van der Waals surface area contributed by atoms with E-state index in [9.17, 15) is 4.79 Å². The van der Waals surface area contributed by atoms with Crippen molar-refractivity contribution in [3.8, 4) is 6.07 Å².